The van der Waals surface area contributed by atoms with E-state index in [0.29, 0.717) is 11.4 Å². The minimum absolute atomic E-state index is 0.136. The van der Waals surface area contributed by atoms with Gasteiger partial charge in [0.1, 0.15) is 0 Å². The molecule has 0 amide bonds. The van der Waals surface area contributed by atoms with Crippen LogP contribution in [0.15, 0.2) is 77.9 Å². The molecule has 0 fully saturated rings. The first kappa shape index (κ1) is 22.9. The zero-order valence-electron chi connectivity index (χ0n) is 17.5. The number of hydrogen-bond donors (Lipinski definition) is 1. The average Bonchev–Trinajstić information content (AvgIpc) is 2.73. The fourth-order valence-corrected chi connectivity index (χ4v) is 4.49. The van der Waals surface area contributed by atoms with Gasteiger partial charge < -0.3 is 0 Å². The zero-order chi connectivity index (χ0) is 22.6. The summed E-state index contributed by atoms with van der Waals surface area (Å²) in [4.78, 5) is 9.04. The Morgan fingerprint density at radius 2 is 1.55 bits per heavy atom. The maximum absolute atomic E-state index is 12.1. The van der Waals surface area contributed by atoms with Crippen LogP contribution in [0.5, 0.6) is 0 Å². The number of hydrogen-bond acceptors (Lipinski definition) is 5. The summed E-state index contributed by atoms with van der Waals surface area (Å²) >= 11 is 6.30. The van der Waals surface area contributed by atoms with Crippen molar-refractivity contribution in [2.45, 2.75) is 19.9 Å². The number of pyridine rings is 1. The van der Waals surface area contributed by atoms with Crippen LogP contribution in [-0.4, -0.2) is 36.6 Å². The van der Waals surface area contributed by atoms with Gasteiger partial charge in [0, 0.05) is 24.2 Å². The van der Waals surface area contributed by atoms with Crippen LogP contribution >= 0.6 is 11.6 Å². The quantitative estimate of drug-likeness (QED) is 0.327. The fraction of sp³-hybridized carbons (Fsp3) is 0.182. The third-order valence-electron chi connectivity index (χ3n) is 4.49. The van der Waals surface area contributed by atoms with Crippen molar-refractivity contribution in [2.24, 2.45) is 10.1 Å². The van der Waals surface area contributed by atoms with E-state index in [0.717, 1.165) is 21.3 Å². The normalized spacial score (nSPS) is 11.6. The monoisotopic (exact) mass is 457 g/mol. The van der Waals surface area contributed by atoms with Crippen molar-refractivity contribution in [1.29, 1.82) is 0 Å². The summed E-state index contributed by atoms with van der Waals surface area (Å²) in [6, 6.07) is 20.8. The van der Waals surface area contributed by atoms with E-state index >= 15 is 0 Å². The first-order valence-electron chi connectivity index (χ1n) is 9.59. The molecule has 9 heteroatoms. The molecule has 1 aromatic heterocycles. The third-order valence-corrected chi connectivity index (χ3v) is 5.97. The van der Waals surface area contributed by atoms with Crippen LogP contribution in [0.1, 0.15) is 25.0 Å². The first-order valence-corrected chi connectivity index (χ1v) is 11.5. The molecule has 0 atom stereocenters. The number of aliphatic imine (C=N–C) groups is 1. The number of nitrogens with zero attached hydrogens (tertiary/aromatic N) is 4. The largest absolute Gasteiger partial charge is 0.294 e. The fourth-order valence-electron chi connectivity index (χ4n) is 3.25. The maximum Gasteiger partial charge on any atom is 0.294 e. The van der Waals surface area contributed by atoms with E-state index in [9.17, 15) is 8.42 Å². The Hall–Kier alpha value is -2.78. The van der Waals surface area contributed by atoms with Gasteiger partial charge in [-0.3, -0.25) is 5.01 Å². The summed E-state index contributed by atoms with van der Waals surface area (Å²) in [5.41, 5.74) is 3.52. The van der Waals surface area contributed by atoms with E-state index in [4.69, 9.17) is 21.7 Å². The summed E-state index contributed by atoms with van der Waals surface area (Å²) in [6.45, 7) is 3.43. The minimum Gasteiger partial charge on any atom is -0.291 e. The van der Waals surface area contributed by atoms with Crippen LogP contribution in [0.4, 0.5) is 11.4 Å². The Kier molecular flexibility index (Phi) is 7.07. The molecular formula is C22H24ClN5O2S. The molecular weight excluding hydrogens is 434 g/mol. The molecule has 7 nitrogen and oxygen atoms in total. The number of anilines is 1. The molecule has 0 saturated heterocycles. The number of rotatable bonds is 7. The molecule has 162 valence electrons. The molecule has 1 heterocycles. The second kappa shape index (κ2) is 9.57. The molecule has 3 aromatic rings. The number of halogens is 1. The predicted molar refractivity (Wildman–Crippen MR) is 126 cm³/mol. The van der Waals surface area contributed by atoms with E-state index in [-0.39, 0.29) is 5.15 Å². The van der Waals surface area contributed by atoms with Crippen LogP contribution < -0.4 is 10.1 Å². The summed E-state index contributed by atoms with van der Waals surface area (Å²) < 4.78 is 25.2. The van der Waals surface area contributed by atoms with Gasteiger partial charge in [-0.25, -0.2) is 15.1 Å². The van der Waals surface area contributed by atoms with Gasteiger partial charge in [0.25, 0.3) is 10.2 Å². The van der Waals surface area contributed by atoms with E-state index < -0.39 is 16.3 Å². The number of aromatic nitrogens is 1. The zero-order valence-corrected chi connectivity index (χ0v) is 19.0. The Labute approximate surface area is 188 Å². The van der Waals surface area contributed by atoms with Gasteiger partial charge in [-0.15, -0.1) is 0 Å². The van der Waals surface area contributed by atoms with E-state index in [1.807, 2.05) is 60.7 Å². The maximum atomic E-state index is 12.1. The number of hydrazine groups is 1. The third kappa shape index (κ3) is 5.48. The molecule has 0 spiro atoms. The molecule has 0 aliphatic carbocycles. The van der Waals surface area contributed by atoms with Gasteiger partial charge in [-0.1, -0.05) is 76.7 Å². The Morgan fingerprint density at radius 1 is 1.03 bits per heavy atom. The van der Waals surface area contributed by atoms with Crippen molar-refractivity contribution in [3.63, 3.8) is 0 Å². The Morgan fingerprint density at radius 3 is 2.00 bits per heavy atom. The molecule has 2 N–H and O–H groups in total. The molecule has 0 unspecified atom stereocenters. The summed E-state index contributed by atoms with van der Waals surface area (Å²) in [5.74, 6) is 0. The van der Waals surface area contributed by atoms with Crippen LogP contribution in [0.2, 0.25) is 5.15 Å². The van der Waals surface area contributed by atoms with Crippen LogP contribution in [0, 0.1) is 0 Å². The smallest absolute Gasteiger partial charge is 0.291 e. The van der Waals surface area contributed by atoms with E-state index in [2.05, 4.69) is 4.98 Å². The topological polar surface area (TPSA) is 91.9 Å². The molecule has 0 radical (unpaired) electrons. The number of nitrogens with two attached hydrogens (primary N) is 1. The van der Waals surface area contributed by atoms with E-state index in [1.54, 1.807) is 33.2 Å². The summed E-state index contributed by atoms with van der Waals surface area (Å²) in [5, 5.41) is 6.92. The molecule has 0 aliphatic heterocycles. The highest BCUT2D eigenvalue weighted by Crippen LogP contribution is 2.30. The van der Waals surface area contributed by atoms with Gasteiger partial charge in [0.05, 0.1) is 23.3 Å². The van der Waals surface area contributed by atoms with Gasteiger partial charge >= 0.3 is 0 Å². The lowest BCUT2D eigenvalue weighted by molar-refractivity contribution is 0.346. The highest BCUT2D eigenvalue weighted by molar-refractivity contribution is 7.86. The molecule has 0 aliphatic rings. The second-order valence-corrected chi connectivity index (χ2v) is 8.89. The number of benzene rings is 2. The van der Waals surface area contributed by atoms with Crippen LogP contribution in [0.3, 0.4) is 0 Å². The molecule has 2 aromatic carbocycles. The van der Waals surface area contributed by atoms with Crippen molar-refractivity contribution in [3.8, 4) is 0 Å². The van der Waals surface area contributed by atoms with Gasteiger partial charge in [-0.05, 0) is 19.9 Å². The molecule has 3 rings (SSSR count). The van der Waals surface area contributed by atoms with Crippen LogP contribution in [-0.2, 0) is 10.2 Å². The van der Waals surface area contributed by atoms with Gasteiger partial charge in [0.2, 0.25) is 0 Å². The molecule has 0 bridgehead atoms. The lowest BCUT2D eigenvalue weighted by Crippen LogP contribution is -2.51. The molecule has 0 saturated carbocycles. The predicted octanol–water partition coefficient (Wildman–Crippen LogP) is 4.17. The van der Waals surface area contributed by atoms with Crippen LogP contribution in [0.25, 0.3) is 0 Å². The van der Waals surface area contributed by atoms with Crippen molar-refractivity contribution in [2.75, 3.05) is 12.1 Å². The Bertz CT molecular complexity index is 1130. The van der Waals surface area contributed by atoms with Crippen molar-refractivity contribution < 1.29 is 8.42 Å². The Balaban J connectivity index is 2.11. The summed E-state index contributed by atoms with van der Waals surface area (Å²) in [7, 11) is -2.45. The van der Waals surface area contributed by atoms with Crippen molar-refractivity contribution >= 4 is 38.9 Å². The lowest BCUT2D eigenvalue weighted by Gasteiger charge is -2.34. The van der Waals surface area contributed by atoms with Gasteiger partial charge in [0.15, 0.2) is 5.15 Å². The van der Waals surface area contributed by atoms with Crippen molar-refractivity contribution in [1.82, 2.24) is 9.40 Å². The SMILES string of the molecule is CC(C)N(N(C)c1cc(N=C(c2ccccc2)c2ccccc2)cnc1Cl)S(N)(=O)=O. The van der Waals surface area contributed by atoms with E-state index in [1.165, 1.54) is 5.01 Å². The highest BCUT2D eigenvalue weighted by atomic mass is 35.5. The molecule has 31 heavy (non-hydrogen) atoms. The summed E-state index contributed by atoms with van der Waals surface area (Å²) in [6.07, 6.45) is 1.54. The van der Waals surface area contributed by atoms with Crippen molar-refractivity contribution in [3.05, 3.63) is 89.2 Å². The van der Waals surface area contributed by atoms with Gasteiger partial charge in [-0.2, -0.15) is 8.42 Å². The minimum atomic E-state index is -4.01. The second-order valence-electron chi connectivity index (χ2n) is 7.13. The lowest BCUT2D eigenvalue weighted by atomic mass is 10.0. The standard InChI is InChI=1S/C22H24ClN5O2S/c1-16(2)28(31(24,29)30)27(3)20-14-19(15-25-22(20)23)26-21(17-10-6-4-7-11-17)18-12-8-5-9-13-18/h4-16H,1-3H3,(H2,24,29,30). The highest BCUT2D eigenvalue weighted by Gasteiger charge is 2.27. The first-order chi connectivity index (χ1) is 14.7. The average molecular weight is 458 g/mol.